The number of nitrogens with zero attached hydrogens (tertiary/aromatic N) is 1. The van der Waals surface area contributed by atoms with Crippen molar-refractivity contribution >= 4 is 17.7 Å². The van der Waals surface area contributed by atoms with E-state index in [-0.39, 0.29) is 0 Å². The number of methoxy groups -OCH3 is 1. The number of rotatable bonds is 7. The third kappa shape index (κ3) is 4.38. The van der Waals surface area contributed by atoms with Gasteiger partial charge in [0.1, 0.15) is 0 Å². The van der Waals surface area contributed by atoms with Crippen LogP contribution in [0.25, 0.3) is 6.08 Å². The predicted octanol–water partition coefficient (Wildman–Crippen LogP) is 2.95. The summed E-state index contributed by atoms with van der Waals surface area (Å²) in [6, 6.07) is 6.35. The number of benzene rings is 1. The van der Waals surface area contributed by atoms with E-state index >= 15 is 0 Å². The molecular formula is C16H23NO3. The molecule has 0 aromatic heterocycles. The van der Waals surface area contributed by atoms with E-state index in [9.17, 15) is 4.79 Å². The molecule has 1 unspecified atom stereocenters. The third-order valence-corrected chi connectivity index (χ3v) is 3.27. The number of carboxylic acid groups (broad SMARTS) is 1. The SMILES string of the molecule is CCN(c1ccc(C=CC(=O)O)c(C)c1)C(C)COC. The van der Waals surface area contributed by atoms with E-state index in [2.05, 4.69) is 24.8 Å². The van der Waals surface area contributed by atoms with Crippen LogP contribution in [0.1, 0.15) is 25.0 Å². The molecule has 0 saturated carbocycles. The Morgan fingerprint density at radius 3 is 2.70 bits per heavy atom. The van der Waals surface area contributed by atoms with Gasteiger partial charge in [-0.3, -0.25) is 0 Å². The van der Waals surface area contributed by atoms with Gasteiger partial charge in [-0.05, 0) is 50.1 Å². The molecule has 1 aromatic rings. The Morgan fingerprint density at radius 1 is 1.50 bits per heavy atom. The maximum absolute atomic E-state index is 10.6. The average Bonchev–Trinajstić information content (AvgIpc) is 2.38. The van der Waals surface area contributed by atoms with Gasteiger partial charge in [-0.15, -0.1) is 0 Å². The summed E-state index contributed by atoms with van der Waals surface area (Å²) in [5.41, 5.74) is 3.11. The number of ether oxygens (including phenoxy) is 1. The zero-order chi connectivity index (χ0) is 15.1. The summed E-state index contributed by atoms with van der Waals surface area (Å²) in [6.45, 7) is 7.79. The molecule has 110 valence electrons. The topological polar surface area (TPSA) is 49.8 Å². The van der Waals surface area contributed by atoms with Gasteiger partial charge < -0.3 is 14.7 Å². The fourth-order valence-electron chi connectivity index (χ4n) is 2.27. The highest BCUT2D eigenvalue weighted by Gasteiger charge is 2.13. The van der Waals surface area contributed by atoms with Crippen LogP contribution in [0.2, 0.25) is 0 Å². The summed E-state index contributed by atoms with van der Waals surface area (Å²) < 4.78 is 5.21. The molecule has 0 fully saturated rings. The minimum atomic E-state index is -0.933. The van der Waals surface area contributed by atoms with Gasteiger partial charge in [-0.1, -0.05) is 6.07 Å². The first-order valence-corrected chi connectivity index (χ1v) is 6.76. The smallest absolute Gasteiger partial charge is 0.328 e. The van der Waals surface area contributed by atoms with Crippen molar-refractivity contribution in [1.29, 1.82) is 0 Å². The molecule has 20 heavy (non-hydrogen) atoms. The number of aryl methyl sites for hydroxylation is 1. The number of hydrogen-bond acceptors (Lipinski definition) is 3. The van der Waals surface area contributed by atoms with Crippen LogP contribution in [-0.2, 0) is 9.53 Å². The zero-order valence-corrected chi connectivity index (χ0v) is 12.6. The number of anilines is 1. The highest BCUT2D eigenvalue weighted by Crippen LogP contribution is 2.22. The first-order chi connectivity index (χ1) is 9.49. The Morgan fingerprint density at radius 2 is 2.20 bits per heavy atom. The minimum absolute atomic E-state index is 0.296. The van der Waals surface area contributed by atoms with Crippen LogP contribution in [0.4, 0.5) is 5.69 Å². The number of carbonyl (C=O) groups is 1. The van der Waals surface area contributed by atoms with E-state index < -0.39 is 5.97 Å². The van der Waals surface area contributed by atoms with E-state index in [0.717, 1.165) is 29.4 Å². The summed E-state index contributed by atoms with van der Waals surface area (Å²) in [5, 5.41) is 8.67. The van der Waals surface area contributed by atoms with E-state index in [1.54, 1.807) is 13.2 Å². The molecule has 0 radical (unpaired) electrons. The van der Waals surface area contributed by atoms with E-state index in [1.807, 2.05) is 19.1 Å². The molecule has 0 saturated heterocycles. The van der Waals surface area contributed by atoms with E-state index in [4.69, 9.17) is 9.84 Å². The lowest BCUT2D eigenvalue weighted by molar-refractivity contribution is -0.131. The monoisotopic (exact) mass is 277 g/mol. The summed E-state index contributed by atoms with van der Waals surface area (Å²) in [6.07, 6.45) is 2.78. The van der Waals surface area contributed by atoms with E-state index in [0.29, 0.717) is 12.6 Å². The van der Waals surface area contributed by atoms with Crippen molar-refractivity contribution in [3.05, 3.63) is 35.4 Å². The second-order valence-electron chi connectivity index (χ2n) is 4.80. The van der Waals surface area contributed by atoms with Gasteiger partial charge in [0.2, 0.25) is 0 Å². The van der Waals surface area contributed by atoms with Crippen molar-refractivity contribution in [3.8, 4) is 0 Å². The Kier molecular flexibility index (Phi) is 6.25. The second kappa shape index (κ2) is 7.70. The fourth-order valence-corrected chi connectivity index (χ4v) is 2.27. The molecule has 4 heteroatoms. The van der Waals surface area contributed by atoms with E-state index in [1.165, 1.54) is 0 Å². The average molecular weight is 277 g/mol. The molecule has 0 aliphatic heterocycles. The van der Waals surface area contributed by atoms with Crippen LogP contribution in [0.3, 0.4) is 0 Å². The first-order valence-electron chi connectivity index (χ1n) is 6.76. The van der Waals surface area contributed by atoms with Gasteiger partial charge >= 0.3 is 5.97 Å². The molecule has 1 N–H and O–H groups in total. The number of aliphatic carboxylic acids is 1. The van der Waals surface area contributed by atoms with Crippen molar-refractivity contribution in [2.75, 3.05) is 25.2 Å². The summed E-state index contributed by atoms with van der Waals surface area (Å²) in [5.74, 6) is -0.933. The van der Waals surface area contributed by atoms with Gasteiger partial charge in [0, 0.05) is 31.5 Å². The zero-order valence-electron chi connectivity index (χ0n) is 12.6. The Labute approximate surface area is 120 Å². The van der Waals surface area contributed by atoms with Crippen LogP contribution in [-0.4, -0.2) is 37.4 Å². The van der Waals surface area contributed by atoms with Gasteiger partial charge in [-0.25, -0.2) is 4.79 Å². The van der Waals surface area contributed by atoms with Crippen molar-refractivity contribution in [2.24, 2.45) is 0 Å². The molecule has 0 amide bonds. The molecule has 1 atom stereocenters. The molecule has 1 aromatic carbocycles. The van der Waals surface area contributed by atoms with Gasteiger partial charge in [0.25, 0.3) is 0 Å². The lowest BCUT2D eigenvalue weighted by atomic mass is 10.1. The lowest BCUT2D eigenvalue weighted by Crippen LogP contribution is -2.36. The summed E-state index contributed by atoms with van der Waals surface area (Å²) in [4.78, 5) is 12.8. The number of likely N-dealkylation sites (N-methyl/N-ethyl adjacent to an activating group) is 1. The van der Waals surface area contributed by atoms with Crippen molar-refractivity contribution in [3.63, 3.8) is 0 Å². The largest absolute Gasteiger partial charge is 0.478 e. The molecular weight excluding hydrogens is 254 g/mol. The highest BCUT2D eigenvalue weighted by atomic mass is 16.5. The quantitative estimate of drug-likeness (QED) is 0.778. The predicted molar refractivity (Wildman–Crippen MR) is 82.2 cm³/mol. The Hall–Kier alpha value is -1.81. The van der Waals surface area contributed by atoms with Gasteiger partial charge in [-0.2, -0.15) is 0 Å². The molecule has 0 bridgehead atoms. The van der Waals surface area contributed by atoms with Crippen LogP contribution in [0.15, 0.2) is 24.3 Å². The van der Waals surface area contributed by atoms with Crippen LogP contribution in [0.5, 0.6) is 0 Å². The number of carboxylic acids is 1. The minimum Gasteiger partial charge on any atom is -0.478 e. The van der Waals surface area contributed by atoms with Gasteiger partial charge in [0.05, 0.1) is 6.61 Å². The highest BCUT2D eigenvalue weighted by molar-refractivity contribution is 5.85. The molecule has 4 nitrogen and oxygen atoms in total. The molecule has 1 rings (SSSR count). The normalized spacial score (nSPS) is 12.6. The van der Waals surface area contributed by atoms with Crippen molar-refractivity contribution < 1.29 is 14.6 Å². The van der Waals surface area contributed by atoms with Crippen molar-refractivity contribution in [1.82, 2.24) is 0 Å². The second-order valence-corrected chi connectivity index (χ2v) is 4.80. The van der Waals surface area contributed by atoms with Crippen LogP contribution < -0.4 is 4.90 Å². The summed E-state index contributed by atoms with van der Waals surface area (Å²) >= 11 is 0. The third-order valence-electron chi connectivity index (χ3n) is 3.27. The van der Waals surface area contributed by atoms with Crippen LogP contribution in [0, 0.1) is 6.92 Å². The Bertz CT molecular complexity index is 483. The lowest BCUT2D eigenvalue weighted by Gasteiger charge is -2.30. The first kappa shape index (κ1) is 16.2. The maximum atomic E-state index is 10.6. The summed E-state index contributed by atoms with van der Waals surface area (Å²) in [7, 11) is 1.70. The van der Waals surface area contributed by atoms with Crippen LogP contribution >= 0.6 is 0 Å². The molecule has 0 aliphatic rings. The standard InChI is InChI=1S/C16H23NO3/c1-5-17(13(3)11-20-4)15-8-6-14(12(2)10-15)7-9-16(18)19/h6-10,13H,5,11H2,1-4H3,(H,18,19). The molecule has 0 aliphatic carbocycles. The fraction of sp³-hybridized carbons (Fsp3) is 0.438. The number of hydrogen-bond donors (Lipinski definition) is 1. The Balaban J connectivity index is 2.97. The molecule has 0 spiro atoms. The van der Waals surface area contributed by atoms with Gasteiger partial charge in [0.15, 0.2) is 0 Å². The van der Waals surface area contributed by atoms with Crippen molar-refractivity contribution in [2.45, 2.75) is 26.8 Å². The maximum Gasteiger partial charge on any atom is 0.328 e. The molecule has 0 heterocycles.